The third-order valence-corrected chi connectivity index (χ3v) is 5.19. The van der Waals surface area contributed by atoms with Crippen molar-refractivity contribution in [3.05, 3.63) is 41.6 Å². The van der Waals surface area contributed by atoms with Gasteiger partial charge >= 0.3 is 0 Å². The molecule has 0 spiro atoms. The quantitative estimate of drug-likeness (QED) is 0.824. The third kappa shape index (κ3) is 4.64. The van der Waals surface area contributed by atoms with Crippen molar-refractivity contribution >= 4 is 10.0 Å². The minimum atomic E-state index is -3.66. The van der Waals surface area contributed by atoms with Crippen molar-refractivity contribution in [1.82, 2.24) is 14.9 Å². The molecule has 0 fully saturated rings. The monoisotopic (exact) mass is 351 g/mol. The van der Waals surface area contributed by atoms with Crippen molar-refractivity contribution in [2.45, 2.75) is 57.9 Å². The molecule has 0 amide bonds. The van der Waals surface area contributed by atoms with Gasteiger partial charge in [0.2, 0.25) is 21.8 Å². The first kappa shape index (κ1) is 18.6. The standard InChI is InChI=1S/C17H25N3O3S/c1-11(2)10-16(17-19-18-13(5)23-17)20-24(21,22)15-8-6-14(7-9-15)12(3)4/h6-9,11-12,16,20H,10H2,1-5H3. The summed E-state index contributed by atoms with van der Waals surface area (Å²) in [7, 11) is -3.66. The van der Waals surface area contributed by atoms with Gasteiger partial charge in [0.15, 0.2) is 0 Å². The molecule has 2 aromatic rings. The summed E-state index contributed by atoms with van der Waals surface area (Å²) in [6.07, 6.45) is 0.574. The molecule has 2 rings (SSSR count). The molecule has 132 valence electrons. The molecule has 0 aliphatic rings. The van der Waals surface area contributed by atoms with Crippen LogP contribution in [0.1, 0.15) is 63.4 Å². The van der Waals surface area contributed by atoms with Crippen molar-refractivity contribution in [3.8, 4) is 0 Å². The maximum Gasteiger partial charge on any atom is 0.241 e. The first-order chi connectivity index (χ1) is 11.2. The molecule has 0 bridgehead atoms. The van der Waals surface area contributed by atoms with Crippen LogP contribution in [-0.4, -0.2) is 18.6 Å². The number of aryl methyl sites for hydroxylation is 1. The highest BCUT2D eigenvalue weighted by atomic mass is 32.2. The molecule has 1 aromatic carbocycles. The van der Waals surface area contributed by atoms with E-state index < -0.39 is 16.1 Å². The number of sulfonamides is 1. The summed E-state index contributed by atoms with van der Waals surface area (Å²) in [5.74, 6) is 1.33. The van der Waals surface area contributed by atoms with Gasteiger partial charge in [-0.05, 0) is 36.0 Å². The fourth-order valence-corrected chi connectivity index (χ4v) is 3.61. The van der Waals surface area contributed by atoms with E-state index in [1.807, 2.05) is 26.0 Å². The van der Waals surface area contributed by atoms with E-state index in [0.717, 1.165) is 5.56 Å². The summed E-state index contributed by atoms with van der Waals surface area (Å²) in [5, 5.41) is 7.77. The average Bonchev–Trinajstić information content (AvgIpc) is 2.92. The van der Waals surface area contributed by atoms with Crippen LogP contribution >= 0.6 is 0 Å². The second kappa shape index (κ2) is 7.44. The Labute approximate surface area is 143 Å². The van der Waals surface area contributed by atoms with Gasteiger partial charge < -0.3 is 4.42 Å². The zero-order chi connectivity index (χ0) is 17.9. The van der Waals surface area contributed by atoms with Crippen molar-refractivity contribution in [3.63, 3.8) is 0 Å². The fourth-order valence-electron chi connectivity index (χ4n) is 2.41. The Morgan fingerprint density at radius 3 is 2.17 bits per heavy atom. The van der Waals surface area contributed by atoms with Crippen LogP contribution in [-0.2, 0) is 10.0 Å². The number of benzene rings is 1. The van der Waals surface area contributed by atoms with E-state index in [1.54, 1.807) is 19.1 Å². The SMILES string of the molecule is Cc1nnc(C(CC(C)C)NS(=O)(=O)c2ccc(C(C)C)cc2)o1. The lowest BCUT2D eigenvalue weighted by Crippen LogP contribution is -2.30. The Hall–Kier alpha value is -1.73. The number of aromatic nitrogens is 2. The van der Waals surface area contributed by atoms with Gasteiger partial charge in [-0.15, -0.1) is 10.2 Å². The minimum absolute atomic E-state index is 0.233. The molecule has 0 saturated carbocycles. The van der Waals surface area contributed by atoms with E-state index in [9.17, 15) is 8.42 Å². The predicted molar refractivity (Wildman–Crippen MR) is 92.1 cm³/mol. The van der Waals surface area contributed by atoms with Gasteiger partial charge in [-0.25, -0.2) is 8.42 Å². The molecular weight excluding hydrogens is 326 g/mol. The number of rotatable bonds is 7. The van der Waals surface area contributed by atoms with Crippen LogP contribution in [0.15, 0.2) is 33.6 Å². The van der Waals surface area contributed by atoms with Crippen molar-refractivity contribution in [1.29, 1.82) is 0 Å². The van der Waals surface area contributed by atoms with Crippen LogP contribution in [0.5, 0.6) is 0 Å². The first-order valence-electron chi connectivity index (χ1n) is 8.11. The molecule has 0 aliphatic carbocycles. The molecule has 7 heteroatoms. The van der Waals surface area contributed by atoms with Crippen LogP contribution in [0.2, 0.25) is 0 Å². The molecule has 1 N–H and O–H groups in total. The van der Waals surface area contributed by atoms with Gasteiger partial charge in [-0.1, -0.05) is 39.8 Å². The first-order valence-corrected chi connectivity index (χ1v) is 9.59. The van der Waals surface area contributed by atoms with Crippen LogP contribution < -0.4 is 4.72 Å². The Morgan fingerprint density at radius 2 is 1.71 bits per heavy atom. The summed E-state index contributed by atoms with van der Waals surface area (Å²) < 4.78 is 33.5. The Balaban J connectivity index is 2.26. The summed E-state index contributed by atoms with van der Waals surface area (Å²) in [4.78, 5) is 0.233. The second-order valence-corrected chi connectivity index (χ2v) is 8.40. The Morgan fingerprint density at radius 1 is 1.08 bits per heavy atom. The van der Waals surface area contributed by atoms with Gasteiger partial charge in [0.05, 0.1) is 4.90 Å². The predicted octanol–water partition coefficient (Wildman–Crippen LogP) is 3.57. The lowest BCUT2D eigenvalue weighted by molar-refractivity contribution is 0.372. The number of nitrogens with zero attached hydrogens (tertiary/aromatic N) is 2. The van der Waals surface area contributed by atoms with Crippen molar-refractivity contribution in [2.75, 3.05) is 0 Å². The smallest absolute Gasteiger partial charge is 0.241 e. The highest BCUT2D eigenvalue weighted by molar-refractivity contribution is 7.89. The molecule has 24 heavy (non-hydrogen) atoms. The van der Waals surface area contributed by atoms with Gasteiger partial charge in [-0.3, -0.25) is 0 Å². The normalized spacial score (nSPS) is 13.6. The molecule has 0 aliphatic heterocycles. The number of hydrogen-bond acceptors (Lipinski definition) is 5. The van der Waals surface area contributed by atoms with Gasteiger partial charge in [0.25, 0.3) is 0 Å². The van der Waals surface area contributed by atoms with E-state index in [1.165, 1.54) is 0 Å². The van der Waals surface area contributed by atoms with E-state index >= 15 is 0 Å². The molecule has 1 heterocycles. The zero-order valence-electron chi connectivity index (χ0n) is 14.8. The topological polar surface area (TPSA) is 85.1 Å². The highest BCUT2D eigenvalue weighted by Gasteiger charge is 2.26. The van der Waals surface area contributed by atoms with Crippen LogP contribution in [0.4, 0.5) is 0 Å². The summed E-state index contributed by atoms with van der Waals surface area (Å²) >= 11 is 0. The van der Waals surface area contributed by atoms with Gasteiger partial charge in [-0.2, -0.15) is 4.72 Å². The lowest BCUT2D eigenvalue weighted by Gasteiger charge is -2.17. The molecule has 1 aromatic heterocycles. The lowest BCUT2D eigenvalue weighted by atomic mass is 10.0. The molecule has 1 atom stereocenters. The molecule has 1 unspecified atom stereocenters. The highest BCUT2D eigenvalue weighted by Crippen LogP contribution is 2.24. The van der Waals surface area contributed by atoms with Crippen molar-refractivity contribution < 1.29 is 12.8 Å². The van der Waals surface area contributed by atoms with Gasteiger partial charge in [0, 0.05) is 6.92 Å². The number of nitrogens with one attached hydrogen (secondary N) is 1. The maximum absolute atomic E-state index is 12.7. The van der Waals surface area contributed by atoms with E-state index in [0.29, 0.717) is 24.1 Å². The van der Waals surface area contributed by atoms with Gasteiger partial charge in [0.1, 0.15) is 6.04 Å². The minimum Gasteiger partial charge on any atom is -0.424 e. The molecule has 0 saturated heterocycles. The van der Waals surface area contributed by atoms with E-state index in [2.05, 4.69) is 28.8 Å². The largest absolute Gasteiger partial charge is 0.424 e. The second-order valence-electron chi connectivity index (χ2n) is 6.69. The molecule has 0 radical (unpaired) electrons. The Bertz CT molecular complexity index is 765. The van der Waals surface area contributed by atoms with Crippen molar-refractivity contribution in [2.24, 2.45) is 5.92 Å². The summed E-state index contributed by atoms with van der Waals surface area (Å²) in [5.41, 5.74) is 1.10. The maximum atomic E-state index is 12.7. The average molecular weight is 351 g/mol. The zero-order valence-corrected chi connectivity index (χ0v) is 15.6. The van der Waals surface area contributed by atoms with E-state index in [4.69, 9.17) is 4.42 Å². The van der Waals surface area contributed by atoms with Crippen LogP contribution in [0.3, 0.4) is 0 Å². The third-order valence-electron chi connectivity index (χ3n) is 3.70. The Kier molecular flexibility index (Phi) is 5.77. The fraction of sp³-hybridized carbons (Fsp3) is 0.529. The summed E-state index contributed by atoms with van der Waals surface area (Å²) in [6.45, 7) is 9.85. The van der Waals surface area contributed by atoms with Crippen LogP contribution in [0, 0.1) is 12.8 Å². The van der Waals surface area contributed by atoms with Crippen LogP contribution in [0.25, 0.3) is 0 Å². The van der Waals surface area contributed by atoms with E-state index in [-0.39, 0.29) is 10.8 Å². The molecular formula is C17H25N3O3S. The molecule has 6 nitrogen and oxygen atoms in total. The number of hydrogen-bond donors (Lipinski definition) is 1. The summed E-state index contributed by atoms with van der Waals surface area (Å²) in [6, 6.07) is 6.40.